The van der Waals surface area contributed by atoms with Gasteiger partial charge >= 0.3 is 0 Å². The van der Waals surface area contributed by atoms with Crippen LogP contribution in [-0.4, -0.2) is 41.9 Å². The van der Waals surface area contributed by atoms with E-state index in [9.17, 15) is 5.11 Å². The summed E-state index contributed by atoms with van der Waals surface area (Å²) in [7, 11) is 0. The molecule has 5 aromatic carbocycles. The molecule has 3 aliphatic heterocycles. The van der Waals surface area contributed by atoms with Crippen molar-refractivity contribution in [3.05, 3.63) is 172 Å². The molecule has 0 amide bonds. The van der Waals surface area contributed by atoms with E-state index in [1.807, 2.05) is 137 Å². The molecule has 8 rings (SSSR count). The number of hydrogen-bond acceptors (Lipinski definition) is 7. The number of aryl methyl sites for hydroxylation is 1. The van der Waals surface area contributed by atoms with Gasteiger partial charge in [0.05, 0.1) is 19.8 Å². The fraction of sp³-hybridized carbons (Fsp3) is 0.362. The van der Waals surface area contributed by atoms with Crippen LogP contribution in [0.1, 0.15) is 85.8 Å². The van der Waals surface area contributed by atoms with Gasteiger partial charge in [0.2, 0.25) is 5.79 Å². The lowest BCUT2D eigenvalue weighted by atomic mass is 9.84. The van der Waals surface area contributed by atoms with E-state index in [4.69, 9.17) is 23.7 Å². The summed E-state index contributed by atoms with van der Waals surface area (Å²) in [5.41, 5.74) is 7.30. The highest BCUT2D eigenvalue weighted by Gasteiger charge is 2.59. The Kier molecular flexibility index (Phi) is 14.2. The summed E-state index contributed by atoms with van der Waals surface area (Å²) in [4.78, 5) is 1.21. The zero-order valence-electron chi connectivity index (χ0n) is 32.1. The van der Waals surface area contributed by atoms with Crippen LogP contribution in [0.2, 0.25) is 0 Å². The van der Waals surface area contributed by atoms with Gasteiger partial charge in [0, 0.05) is 27.7 Å². The lowest BCUT2D eigenvalue weighted by Crippen LogP contribution is -2.67. The van der Waals surface area contributed by atoms with Crippen LogP contribution in [-0.2, 0) is 49.1 Å². The topological polar surface area (TPSA) is 66.4 Å². The maximum atomic E-state index is 13.0. The van der Waals surface area contributed by atoms with E-state index in [1.54, 1.807) is 0 Å². The van der Waals surface area contributed by atoms with Crippen LogP contribution < -0.4 is 0 Å². The maximum absolute atomic E-state index is 13.0. The highest BCUT2D eigenvalue weighted by Crippen LogP contribution is 2.48. The fourth-order valence-corrected chi connectivity index (χ4v) is 8.51. The molecule has 0 radical (unpaired) electrons. The van der Waals surface area contributed by atoms with Gasteiger partial charge in [-0.3, -0.25) is 0 Å². The molecule has 2 fully saturated rings. The zero-order chi connectivity index (χ0) is 37.9. The second kappa shape index (κ2) is 19.2. The van der Waals surface area contributed by atoms with E-state index in [1.165, 1.54) is 21.6 Å². The predicted octanol–water partition coefficient (Wildman–Crippen LogP) is 10.4. The van der Waals surface area contributed by atoms with Gasteiger partial charge in [-0.05, 0) is 46.4 Å². The summed E-state index contributed by atoms with van der Waals surface area (Å²) in [6, 6.07) is 45.0. The summed E-state index contributed by atoms with van der Waals surface area (Å²) < 4.78 is 33.3. The van der Waals surface area contributed by atoms with Crippen LogP contribution in [0, 0.1) is 0 Å². The van der Waals surface area contributed by atoms with Gasteiger partial charge < -0.3 is 28.8 Å². The average Bonchev–Trinajstić information content (AvgIpc) is 3.68. The van der Waals surface area contributed by atoms with Crippen molar-refractivity contribution in [1.82, 2.24) is 0 Å². The van der Waals surface area contributed by atoms with Crippen molar-refractivity contribution in [2.75, 3.05) is 12.4 Å². The summed E-state index contributed by atoms with van der Waals surface area (Å²) in [6.45, 7) is 11.0. The molecule has 7 unspecified atom stereocenters. The number of rotatable bonds is 10. The summed E-state index contributed by atoms with van der Waals surface area (Å²) in [5.74, 6) is -0.724. The molecule has 0 saturated carbocycles. The molecule has 0 aromatic heterocycles. The molecule has 7 heteroatoms. The van der Waals surface area contributed by atoms with Crippen molar-refractivity contribution in [3.63, 3.8) is 0 Å². The minimum absolute atomic E-state index is 0.197. The number of aliphatic hydroxyl groups is 1. The Morgan fingerprint density at radius 1 is 0.704 bits per heavy atom. The third-order valence-electron chi connectivity index (χ3n) is 10.0. The molecule has 6 nitrogen and oxygen atoms in total. The van der Waals surface area contributed by atoms with E-state index >= 15 is 0 Å². The number of ether oxygens (including phenoxy) is 5. The first-order valence-electron chi connectivity index (χ1n) is 19.5. The molecular weight excluding hydrogens is 693 g/mol. The van der Waals surface area contributed by atoms with E-state index in [2.05, 4.69) is 43.3 Å². The van der Waals surface area contributed by atoms with Gasteiger partial charge in [0.25, 0.3) is 0 Å². The SMILES string of the molecule is CC.CC.CCc1ccc(C2CSc3ccc(C4(O)OC5COC(c6ccccc6)OC5C(OCc5ccccc5)C4OCc4ccccc4)cc32)cc1. The van der Waals surface area contributed by atoms with E-state index in [0.717, 1.165) is 28.9 Å². The largest absolute Gasteiger partial charge is 0.368 e. The quantitative estimate of drug-likeness (QED) is 0.153. The van der Waals surface area contributed by atoms with E-state index in [0.29, 0.717) is 12.2 Å². The van der Waals surface area contributed by atoms with Gasteiger partial charge in [-0.2, -0.15) is 0 Å². The second-order valence-electron chi connectivity index (χ2n) is 13.2. The highest BCUT2D eigenvalue weighted by molar-refractivity contribution is 7.99. The van der Waals surface area contributed by atoms with Crippen molar-refractivity contribution in [2.24, 2.45) is 0 Å². The first-order chi connectivity index (χ1) is 26.6. The first kappa shape index (κ1) is 39.9. The number of fused-ring (bicyclic) bond motifs is 2. The molecule has 0 spiro atoms. The van der Waals surface area contributed by atoms with Gasteiger partial charge in [-0.1, -0.05) is 156 Å². The van der Waals surface area contributed by atoms with Gasteiger partial charge in [-0.15, -0.1) is 11.8 Å². The van der Waals surface area contributed by atoms with Gasteiger partial charge in [-0.25, -0.2) is 0 Å². The standard InChI is InChI=1S/C43H42O6S.2C2H6/c1-2-29-18-20-32(21-19-29)36-28-50-38-23-22-34(24-35(36)38)43(44)41(46-26-31-14-8-4-9-15-31)40(45-25-30-12-6-3-7-13-30)39-37(49-43)27-47-42(48-39)33-16-10-5-11-17-33;2*1-2/h3-24,36-37,39-42,44H,2,25-28H2,1H3;2*1-2H3. The van der Waals surface area contributed by atoms with Crippen LogP contribution in [0.25, 0.3) is 0 Å². The van der Waals surface area contributed by atoms with Crippen LogP contribution >= 0.6 is 11.8 Å². The third kappa shape index (κ3) is 8.85. The van der Waals surface area contributed by atoms with E-state index in [-0.39, 0.29) is 19.1 Å². The smallest absolute Gasteiger partial charge is 0.222 e. The molecule has 2 saturated heterocycles. The summed E-state index contributed by atoms with van der Waals surface area (Å²) in [6.07, 6.45) is -2.42. The lowest BCUT2D eigenvalue weighted by molar-refractivity contribution is -0.409. The lowest BCUT2D eigenvalue weighted by Gasteiger charge is -2.52. The fourth-order valence-electron chi connectivity index (χ4n) is 7.26. The predicted molar refractivity (Wildman–Crippen MR) is 216 cm³/mol. The summed E-state index contributed by atoms with van der Waals surface area (Å²) >= 11 is 1.85. The van der Waals surface area contributed by atoms with Crippen LogP contribution in [0.3, 0.4) is 0 Å². The van der Waals surface area contributed by atoms with E-state index < -0.39 is 36.5 Å². The molecule has 3 aliphatic rings. The van der Waals surface area contributed by atoms with Crippen molar-refractivity contribution >= 4 is 11.8 Å². The number of hydrogen-bond donors (Lipinski definition) is 1. The van der Waals surface area contributed by atoms with Crippen molar-refractivity contribution in [3.8, 4) is 0 Å². The molecule has 0 aliphatic carbocycles. The molecule has 5 aromatic rings. The zero-order valence-corrected chi connectivity index (χ0v) is 32.9. The molecule has 0 bridgehead atoms. The number of thioether (sulfide) groups is 1. The Labute approximate surface area is 325 Å². The third-order valence-corrected chi connectivity index (χ3v) is 11.2. The minimum Gasteiger partial charge on any atom is -0.368 e. The Hall–Kier alpha value is -3.79. The van der Waals surface area contributed by atoms with Gasteiger partial charge in [0.15, 0.2) is 6.29 Å². The number of benzene rings is 5. The van der Waals surface area contributed by atoms with Crippen LogP contribution in [0.5, 0.6) is 0 Å². The van der Waals surface area contributed by atoms with Gasteiger partial charge in [0.1, 0.15) is 24.4 Å². The average molecular weight is 747 g/mol. The van der Waals surface area contributed by atoms with Crippen LogP contribution in [0.4, 0.5) is 0 Å². The van der Waals surface area contributed by atoms with Crippen molar-refractivity contribution < 1.29 is 28.8 Å². The maximum Gasteiger partial charge on any atom is 0.222 e. The first-order valence-corrected chi connectivity index (χ1v) is 20.5. The normalized spacial score (nSPS) is 25.6. The Morgan fingerprint density at radius 3 is 1.94 bits per heavy atom. The summed E-state index contributed by atoms with van der Waals surface area (Å²) in [5, 5.41) is 13.0. The van der Waals surface area contributed by atoms with Crippen molar-refractivity contribution in [1.29, 1.82) is 0 Å². The molecule has 3 heterocycles. The Balaban J connectivity index is 0.00000120. The molecule has 54 heavy (non-hydrogen) atoms. The second-order valence-corrected chi connectivity index (χ2v) is 14.3. The Morgan fingerprint density at radius 2 is 1.31 bits per heavy atom. The highest BCUT2D eigenvalue weighted by atomic mass is 32.2. The van der Waals surface area contributed by atoms with Crippen LogP contribution in [0.15, 0.2) is 138 Å². The Bertz CT molecular complexity index is 1850. The minimum atomic E-state index is -1.86. The van der Waals surface area contributed by atoms with Crippen molar-refractivity contribution in [2.45, 2.75) is 102 Å². The molecule has 1 N–H and O–H groups in total. The molecule has 7 atom stereocenters. The molecule has 284 valence electrons. The molecular formula is C47H54O6S. The monoisotopic (exact) mass is 746 g/mol.